The van der Waals surface area contributed by atoms with Crippen LogP contribution in [0.5, 0.6) is 0 Å². The highest BCUT2D eigenvalue weighted by Gasteiger charge is 2.32. The van der Waals surface area contributed by atoms with E-state index in [-0.39, 0.29) is 28.2 Å². The Kier molecular flexibility index (Phi) is 9.02. The molecular weight excluding hydrogens is 497 g/mol. The second kappa shape index (κ2) is 11.0. The molecule has 1 unspecified atom stereocenters. The molecule has 186 valence electrons. The van der Waals surface area contributed by atoms with Gasteiger partial charge in [0.05, 0.1) is 17.0 Å². The van der Waals surface area contributed by atoms with Gasteiger partial charge in [0.1, 0.15) is 12.6 Å². The van der Waals surface area contributed by atoms with Crippen LogP contribution in [0.15, 0.2) is 42.5 Å². The fourth-order valence-corrected chi connectivity index (χ4v) is 4.62. The van der Waals surface area contributed by atoms with Gasteiger partial charge in [0.15, 0.2) is 0 Å². The smallest absolute Gasteiger partial charge is 0.244 e. The summed E-state index contributed by atoms with van der Waals surface area (Å²) in [6, 6.07) is 11.1. The molecule has 0 aliphatic rings. The molecular formula is C24H31Cl2N3O4S. The van der Waals surface area contributed by atoms with E-state index in [9.17, 15) is 18.0 Å². The van der Waals surface area contributed by atoms with Gasteiger partial charge in [-0.2, -0.15) is 0 Å². The van der Waals surface area contributed by atoms with E-state index in [1.165, 1.54) is 23.1 Å². The van der Waals surface area contributed by atoms with Gasteiger partial charge in [-0.3, -0.25) is 13.9 Å². The predicted octanol–water partition coefficient (Wildman–Crippen LogP) is 4.40. The predicted molar refractivity (Wildman–Crippen MR) is 138 cm³/mol. The first-order valence-electron chi connectivity index (χ1n) is 10.7. The van der Waals surface area contributed by atoms with Gasteiger partial charge in [0.25, 0.3) is 0 Å². The Hall–Kier alpha value is -2.29. The average molecular weight is 529 g/mol. The zero-order valence-corrected chi connectivity index (χ0v) is 22.6. The number of aryl methyl sites for hydroxylation is 1. The van der Waals surface area contributed by atoms with Crippen LogP contribution in [0.2, 0.25) is 10.0 Å². The van der Waals surface area contributed by atoms with Gasteiger partial charge in [0.2, 0.25) is 21.8 Å². The van der Waals surface area contributed by atoms with Crippen LogP contribution in [-0.4, -0.2) is 49.5 Å². The number of anilines is 1. The number of benzene rings is 2. The molecule has 34 heavy (non-hydrogen) atoms. The number of hydrogen-bond donors (Lipinski definition) is 1. The Morgan fingerprint density at radius 3 is 2.29 bits per heavy atom. The summed E-state index contributed by atoms with van der Waals surface area (Å²) < 4.78 is 26.1. The molecule has 2 rings (SSSR count). The summed E-state index contributed by atoms with van der Waals surface area (Å²) in [4.78, 5) is 27.8. The second-order valence-electron chi connectivity index (χ2n) is 9.29. The number of halogens is 2. The summed E-state index contributed by atoms with van der Waals surface area (Å²) in [7, 11) is -3.90. The normalized spacial score (nSPS) is 12.7. The topological polar surface area (TPSA) is 86.8 Å². The number of carbonyl (C=O) groups excluding carboxylic acids is 2. The highest BCUT2D eigenvalue weighted by molar-refractivity contribution is 7.92. The largest absolute Gasteiger partial charge is 0.350 e. The SMILES string of the molecule is Cc1cccc(CN(C(=O)CN(c2cc(Cl)ccc2Cl)S(C)(=O)=O)C(C)C(=O)NC(C)(C)C)c1. The summed E-state index contributed by atoms with van der Waals surface area (Å²) in [5.41, 5.74) is 1.40. The standard InChI is InChI=1S/C24H31Cl2N3O4S/c1-16-8-7-9-18(12-16)14-28(17(2)23(31)27-24(3,4)5)22(30)15-29(34(6,32)33)21-13-19(25)10-11-20(21)26/h7-13,17H,14-15H2,1-6H3,(H,27,31). The zero-order valence-electron chi connectivity index (χ0n) is 20.2. The molecule has 0 aromatic heterocycles. The van der Waals surface area contributed by atoms with E-state index in [4.69, 9.17) is 23.2 Å². The molecule has 1 atom stereocenters. The van der Waals surface area contributed by atoms with Gasteiger partial charge in [-0.25, -0.2) is 8.42 Å². The van der Waals surface area contributed by atoms with E-state index >= 15 is 0 Å². The lowest BCUT2D eigenvalue weighted by atomic mass is 10.1. The summed E-state index contributed by atoms with van der Waals surface area (Å²) in [6.07, 6.45) is 0.984. The third-order valence-electron chi connectivity index (χ3n) is 4.96. The first kappa shape index (κ1) is 28.0. The summed E-state index contributed by atoms with van der Waals surface area (Å²) >= 11 is 12.3. The Morgan fingerprint density at radius 1 is 1.09 bits per heavy atom. The Balaban J connectivity index is 2.45. The maximum Gasteiger partial charge on any atom is 0.244 e. The molecule has 2 amide bonds. The fraction of sp³-hybridized carbons (Fsp3) is 0.417. The van der Waals surface area contributed by atoms with Gasteiger partial charge in [0, 0.05) is 17.1 Å². The number of rotatable bonds is 8. The molecule has 10 heteroatoms. The van der Waals surface area contributed by atoms with Crippen molar-refractivity contribution in [1.82, 2.24) is 10.2 Å². The van der Waals surface area contributed by atoms with Gasteiger partial charge in [-0.1, -0.05) is 53.0 Å². The van der Waals surface area contributed by atoms with Crippen molar-refractivity contribution in [2.45, 2.75) is 52.7 Å². The molecule has 0 saturated heterocycles. The minimum Gasteiger partial charge on any atom is -0.350 e. The lowest BCUT2D eigenvalue weighted by molar-refractivity contribution is -0.140. The minimum absolute atomic E-state index is 0.0901. The molecule has 0 fully saturated rings. The van der Waals surface area contributed by atoms with Crippen LogP contribution < -0.4 is 9.62 Å². The lowest BCUT2D eigenvalue weighted by Crippen LogP contribution is -2.54. The van der Waals surface area contributed by atoms with Crippen molar-refractivity contribution < 1.29 is 18.0 Å². The van der Waals surface area contributed by atoms with Crippen LogP contribution in [-0.2, 0) is 26.2 Å². The molecule has 0 saturated carbocycles. The Bertz CT molecular complexity index is 1160. The molecule has 0 spiro atoms. The van der Waals surface area contributed by atoms with Gasteiger partial charge in [-0.15, -0.1) is 0 Å². The third-order valence-corrected chi connectivity index (χ3v) is 6.64. The van der Waals surface area contributed by atoms with Gasteiger partial charge < -0.3 is 10.2 Å². The quantitative estimate of drug-likeness (QED) is 0.551. The van der Waals surface area contributed by atoms with Crippen LogP contribution in [0.25, 0.3) is 0 Å². The monoisotopic (exact) mass is 527 g/mol. The molecule has 0 aliphatic carbocycles. The number of nitrogens with zero attached hydrogens (tertiary/aromatic N) is 2. The minimum atomic E-state index is -3.90. The Morgan fingerprint density at radius 2 is 1.74 bits per heavy atom. The van der Waals surface area contributed by atoms with E-state index in [0.717, 1.165) is 21.7 Å². The molecule has 2 aromatic carbocycles. The first-order chi connectivity index (χ1) is 15.6. The molecule has 2 aromatic rings. The van der Waals surface area contributed by atoms with Crippen LogP contribution in [0, 0.1) is 6.92 Å². The Labute approximate surface area is 212 Å². The molecule has 1 N–H and O–H groups in total. The molecule has 0 aliphatic heterocycles. The van der Waals surface area contributed by atoms with Crippen molar-refractivity contribution in [2.75, 3.05) is 17.1 Å². The zero-order chi connectivity index (χ0) is 25.8. The molecule has 0 heterocycles. The van der Waals surface area contributed by atoms with E-state index in [0.29, 0.717) is 0 Å². The average Bonchev–Trinajstić information content (AvgIpc) is 2.69. The van der Waals surface area contributed by atoms with Gasteiger partial charge in [-0.05, 0) is 58.4 Å². The number of hydrogen-bond acceptors (Lipinski definition) is 4. The van der Waals surface area contributed by atoms with E-state index in [1.807, 2.05) is 52.0 Å². The van der Waals surface area contributed by atoms with E-state index < -0.39 is 34.1 Å². The van der Waals surface area contributed by atoms with Crippen molar-refractivity contribution in [2.24, 2.45) is 0 Å². The number of sulfonamides is 1. The third kappa shape index (κ3) is 7.89. The highest BCUT2D eigenvalue weighted by atomic mass is 35.5. The summed E-state index contributed by atoms with van der Waals surface area (Å²) in [5, 5.41) is 3.28. The van der Waals surface area contributed by atoms with Crippen molar-refractivity contribution in [3.63, 3.8) is 0 Å². The number of nitrogens with one attached hydrogen (secondary N) is 1. The highest BCUT2D eigenvalue weighted by Crippen LogP contribution is 2.31. The maximum atomic E-state index is 13.5. The van der Waals surface area contributed by atoms with Crippen LogP contribution >= 0.6 is 23.2 Å². The molecule has 7 nitrogen and oxygen atoms in total. The van der Waals surface area contributed by atoms with Crippen LogP contribution in [0.4, 0.5) is 5.69 Å². The number of amides is 2. The van der Waals surface area contributed by atoms with Crippen LogP contribution in [0.3, 0.4) is 0 Å². The van der Waals surface area contributed by atoms with Crippen molar-refractivity contribution in [3.05, 3.63) is 63.6 Å². The van der Waals surface area contributed by atoms with Crippen molar-refractivity contribution in [1.29, 1.82) is 0 Å². The van der Waals surface area contributed by atoms with Crippen molar-refractivity contribution >= 4 is 50.7 Å². The van der Waals surface area contributed by atoms with Gasteiger partial charge >= 0.3 is 0 Å². The first-order valence-corrected chi connectivity index (χ1v) is 13.3. The lowest BCUT2D eigenvalue weighted by Gasteiger charge is -2.33. The van der Waals surface area contributed by atoms with Crippen LogP contribution in [0.1, 0.15) is 38.8 Å². The fourth-order valence-electron chi connectivity index (χ4n) is 3.34. The maximum absolute atomic E-state index is 13.5. The summed E-state index contributed by atoms with van der Waals surface area (Å²) in [5.74, 6) is -0.903. The number of carbonyl (C=O) groups is 2. The summed E-state index contributed by atoms with van der Waals surface area (Å²) in [6.45, 7) is 8.66. The van der Waals surface area contributed by atoms with E-state index in [2.05, 4.69) is 5.32 Å². The second-order valence-corrected chi connectivity index (χ2v) is 12.0. The molecule has 0 bridgehead atoms. The van der Waals surface area contributed by atoms with E-state index in [1.54, 1.807) is 6.92 Å². The van der Waals surface area contributed by atoms with Crippen molar-refractivity contribution in [3.8, 4) is 0 Å². The molecule has 0 radical (unpaired) electrons.